The molecule has 1 heterocycles. The van der Waals surface area contributed by atoms with Crippen LogP contribution >= 0.6 is 11.6 Å². The summed E-state index contributed by atoms with van der Waals surface area (Å²) < 4.78 is 0. The summed E-state index contributed by atoms with van der Waals surface area (Å²) in [7, 11) is 0. The van der Waals surface area contributed by atoms with Gasteiger partial charge in [0, 0.05) is 36.8 Å². The van der Waals surface area contributed by atoms with E-state index in [2.05, 4.69) is 46.6 Å². The van der Waals surface area contributed by atoms with Gasteiger partial charge >= 0.3 is 0 Å². The smallest absolute Gasteiger partial charge is 0.253 e. The van der Waals surface area contributed by atoms with E-state index in [1.807, 2.05) is 41.5 Å². The van der Waals surface area contributed by atoms with Gasteiger partial charge in [-0.05, 0) is 35.4 Å². The number of rotatable bonds is 7. The van der Waals surface area contributed by atoms with Crippen LogP contribution in [0.25, 0.3) is 0 Å². The molecule has 0 aromatic heterocycles. The van der Waals surface area contributed by atoms with Gasteiger partial charge in [-0.3, -0.25) is 14.5 Å². The predicted octanol–water partition coefficient (Wildman–Crippen LogP) is 4.37. The highest BCUT2D eigenvalue weighted by molar-refractivity contribution is 6.30. The van der Waals surface area contributed by atoms with Crippen molar-refractivity contribution in [3.05, 3.63) is 107 Å². The van der Waals surface area contributed by atoms with E-state index in [0.717, 1.165) is 31.2 Å². The summed E-state index contributed by atoms with van der Waals surface area (Å²) in [6, 6.07) is 27.9. The van der Waals surface area contributed by atoms with Gasteiger partial charge in [0.25, 0.3) is 5.91 Å². The lowest BCUT2D eigenvalue weighted by Crippen LogP contribution is -2.48. The van der Waals surface area contributed by atoms with Gasteiger partial charge in [0.05, 0.1) is 6.04 Å². The van der Waals surface area contributed by atoms with Crippen molar-refractivity contribution in [2.45, 2.75) is 6.04 Å². The lowest BCUT2D eigenvalue weighted by molar-refractivity contribution is -0.181. The van der Waals surface area contributed by atoms with Crippen LogP contribution in [-0.4, -0.2) is 48.8 Å². The molecular weight excluding hydrogens is 410 g/mol. The molecule has 1 aliphatic heterocycles. The first-order valence-electron chi connectivity index (χ1n) is 10.5. The Morgan fingerprint density at radius 2 is 1.42 bits per heavy atom. The monoisotopic (exact) mass is 435 g/mol. The molecule has 1 unspecified atom stereocenters. The maximum absolute atomic E-state index is 12.1. The number of piperazine rings is 1. The molecule has 1 fully saturated rings. The molecule has 160 valence electrons. The van der Waals surface area contributed by atoms with Crippen LogP contribution in [0, 0.1) is 0 Å². The van der Waals surface area contributed by atoms with Crippen molar-refractivity contribution in [2.24, 2.45) is 0 Å². The van der Waals surface area contributed by atoms with Crippen LogP contribution in [-0.2, 0) is 4.84 Å². The zero-order valence-electron chi connectivity index (χ0n) is 17.3. The van der Waals surface area contributed by atoms with Crippen molar-refractivity contribution >= 4 is 17.5 Å². The summed E-state index contributed by atoms with van der Waals surface area (Å²) in [6.07, 6.45) is 0. The van der Waals surface area contributed by atoms with Crippen LogP contribution in [0.5, 0.6) is 0 Å². The van der Waals surface area contributed by atoms with Crippen LogP contribution < -0.4 is 5.32 Å². The predicted molar refractivity (Wildman–Crippen MR) is 123 cm³/mol. The van der Waals surface area contributed by atoms with E-state index in [-0.39, 0.29) is 18.7 Å². The van der Waals surface area contributed by atoms with Gasteiger partial charge in [-0.25, -0.2) is 0 Å². The Kier molecular flexibility index (Phi) is 7.33. The molecule has 0 saturated carbocycles. The van der Waals surface area contributed by atoms with E-state index in [1.54, 1.807) is 12.1 Å². The van der Waals surface area contributed by atoms with Crippen molar-refractivity contribution in [1.82, 2.24) is 15.3 Å². The van der Waals surface area contributed by atoms with Gasteiger partial charge in [-0.2, -0.15) is 5.06 Å². The Morgan fingerprint density at radius 3 is 2.06 bits per heavy atom. The molecule has 0 aliphatic carbocycles. The van der Waals surface area contributed by atoms with Crippen molar-refractivity contribution in [3.63, 3.8) is 0 Å². The molecular formula is C25H26ClN3O2. The largest absolute Gasteiger partial charge is 0.327 e. The first-order valence-corrected chi connectivity index (χ1v) is 10.8. The average Bonchev–Trinajstić information content (AvgIpc) is 2.83. The highest BCUT2D eigenvalue weighted by Gasteiger charge is 2.26. The second-order valence-electron chi connectivity index (χ2n) is 7.48. The molecule has 4 rings (SSSR count). The minimum absolute atomic E-state index is 0.133. The Balaban J connectivity index is 1.33. The third kappa shape index (κ3) is 5.71. The first-order chi connectivity index (χ1) is 15.2. The number of carbonyl (C=O) groups is 1. The molecule has 6 heteroatoms. The summed E-state index contributed by atoms with van der Waals surface area (Å²) in [5.41, 5.74) is 3.11. The number of amides is 1. The number of benzene rings is 3. The average molecular weight is 436 g/mol. The van der Waals surface area contributed by atoms with Crippen molar-refractivity contribution < 1.29 is 9.63 Å². The van der Waals surface area contributed by atoms with E-state index in [1.165, 1.54) is 11.1 Å². The SMILES string of the molecule is O=C(NCON1CCN(C(c2ccccc2)c2ccc(Cl)cc2)CC1)c1ccccc1. The highest BCUT2D eigenvalue weighted by atomic mass is 35.5. The van der Waals surface area contributed by atoms with E-state index < -0.39 is 0 Å². The molecule has 31 heavy (non-hydrogen) atoms. The highest BCUT2D eigenvalue weighted by Crippen LogP contribution is 2.30. The van der Waals surface area contributed by atoms with Gasteiger partial charge in [0.1, 0.15) is 6.73 Å². The van der Waals surface area contributed by atoms with Gasteiger partial charge in [-0.1, -0.05) is 72.3 Å². The summed E-state index contributed by atoms with van der Waals surface area (Å²) in [5.74, 6) is -0.133. The Labute approximate surface area is 188 Å². The normalized spacial score (nSPS) is 16.0. The number of hydroxylamine groups is 2. The van der Waals surface area contributed by atoms with Crippen LogP contribution in [0.3, 0.4) is 0 Å². The summed E-state index contributed by atoms with van der Waals surface area (Å²) >= 11 is 6.11. The van der Waals surface area contributed by atoms with Gasteiger partial charge in [0.2, 0.25) is 0 Å². The molecule has 1 N–H and O–H groups in total. The Morgan fingerprint density at radius 1 is 0.839 bits per heavy atom. The molecule has 3 aromatic rings. The fourth-order valence-electron chi connectivity index (χ4n) is 3.87. The quantitative estimate of drug-likeness (QED) is 0.560. The molecule has 0 radical (unpaired) electrons. The Hall–Kier alpha value is -2.70. The molecule has 1 aliphatic rings. The number of halogens is 1. The minimum Gasteiger partial charge on any atom is -0.327 e. The van der Waals surface area contributed by atoms with Crippen LogP contribution in [0.4, 0.5) is 0 Å². The number of carbonyl (C=O) groups excluding carboxylic acids is 1. The summed E-state index contributed by atoms with van der Waals surface area (Å²) in [6.45, 7) is 3.40. The number of hydrogen-bond acceptors (Lipinski definition) is 4. The van der Waals surface area contributed by atoms with E-state index in [9.17, 15) is 4.79 Å². The lowest BCUT2D eigenvalue weighted by atomic mass is 9.96. The number of nitrogens with zero attached hydrogens (tertiary/aromatic N) is 2. The van der Waals surface area contributed by atoms with Crippen LogP contribution in [0.15, 0.2) is 84.9 Å². The maximum atomic E-state index is 12.1. The second kappa shape index (κ2) is 10.6. The second-order valence-corrected chi connectivity index (χ2v) is 7.91. The van der Waals surface area contributed by atoms with E-state index >= 15 is 0 Å². The zero-order chi connectivity index (χ0) is 21.5. The van der Waals surface area contributed by atoms with Crippen molar-refractivity contribution in [3.8, 4) is 0 Å². The zero-order valence-corrected chi connectivity index (χ0v) is 18.0. The molecule has 1 amide bonds. The Bertz CT molecular complexity index is 959. The molecule has 1 atom stereocenters. The fraction of sp³-hybridized carbons (Fsp3) is 0.240. The molecule has 5 nitrogen and oxygen atoms in total. The van der Waals surface area contributed by atoms with Crippen molar-refractivity contribution in [2.75, 3.05) is 32.9 Å². The van der Waals surface area contributed by atoms with Crippen LogP contribution in [0.2, 0.25) is 5.02 Å². The summed E-state index contributed by atoms with van der Waals surface area (Å²) in [4.78, 5) is 20.4. The number of hydrogen-bond donors (Lipinski definition) is 1. The molecule has 3 aromatic carbocycles. The first kappa shape index (κ1) is 21.5. The maximum Gasteiger partial charge on any atom is 0.253 e. The van der Waals surface area contributed by atoms with Crippen molar-refractivity contribution in [1.29, 1.82) is 0 Å². The molecule has 1 saturated heterocycles. The lowest BCUT2D eigenvalue weighted by Gasteiger charge is -2.39. The third-order valence-corrected chi connectivity index (χ3v) is 5.71. The molecule has 0 spiro atoms. The minimum atomic E-state index is -0.133. The number of nitrogens with one attached hydrogen (secondary N) is 1. The summed E-state index contributed by atoms with van der Waals surface area (Å²) in [5, 5.41) is 5.47. The van der Waals surface area contributed by atoms with Gasteiger partial charge in [0.15, 0.2) is 0 Å². The van der Waals surface area contributed by atoms with E-state index in [4.69, 9.17) is 16.4 Å². The van der Waals surface area contributed by atoms with Gasteiger partial charge < -0.3 is 5.32 Å². The fourth-order valence-corrected chi connectivity index (χ4v) is 3.99. The van der Waals surface area contributed by atoms with Crippen LogP contribution in [0.1, 0.15) is 27.5 Å². The topological polar surface area (TPSA) is 44.8 Å². The molecule has 0 bridgehead atoms. The standard InChI is InChI=1S/C25H26ClN3O2/c26-23-13-11-21(12-14-23)24(20-7-3-1-4-8-20)28-15-17-29(18-16-28)31-19-27-25(30)22-9-5-2-6-10-22/h1-14,24H,15-19H2,(H,27,30). The van der Waals surface area contributed by atoms with Gasteiger partial charge in [-0.15, -0.1) is 0 Å². The third-order valence-electron chi connectivity index (χ3n) is 5.46. The van der Waals surface area contributed by atoms with E-state index in [0.29, 0.717) is 5.56 Å².